The van der Waals surface area contributed by atoms with Crippen molar-refractivity contribution in [2.45, 2.75) is 25.3 Å². The van der Waals surface area contributed by atoms with E-state index in [2.05, 4.69) is 5.32 Å². The SMILES string of the molecule is CN(C(=O)c1ccc(NC(=O)C2CC2)s1)C1CCS(=O)(=O)C1. The van der Waals surface area contributed by atoms with Gasteiger partial charge in [0.1, 0.15) is 0 Å². The van der Waals surface area contributed by atoms with Gasteiger partial charge in [-0.3, -0.25) is 9.59 Å². The summed E-state index contributed by atoms with van der Waals surface area (Å²) in [5, 5.41) is 3.47. The van der Waals surface area contributed by atoms with Crippen molar-refractivity contribution in [1.29, 1.82) is 0 Å². The van der Waals surface area contributed by atoms with Crippen molar-refractivity contribution >= 4 is 38.0 Å². The number of rotatable bonds is 4. The highest BCUT2D eigenvalue weighted by Gasteiger charge is 2.34. The van der Waals surface area contributed by atoms with Crippen LogP contribution in [0.25, 0.3) is 0 Å². The smallest absolute Gasteiger partial charge is 0.264 e. The highest BCUT2D eigenvalue weighted by molar-refractivity contribution is 7.91. The van der Waals surface area contributed by atoms with Gasteiger partial charge in [0.15, 0.2) is 9.84 Å². The molecular weight excluding hydrogens is 324 g/mol. The number of nitrogens with one attached hydrogen (secondary N) is 1. The van der Waals surface area contributed by atoms with Crippen LogP contribution in [-0.4, -0.2) is 49.7 Å². The molecule has 1 unspecified atom stereocenters. The van der Waals surface area contributed by atoms with E-state index in [0.29, 0.717) is 16.3 Å². The monoisotopic (exact) mass is 342 g/mol. The quantitative estimate of drug-likeness (QED) is 0.895. The maximum absolute atomic E-state index is 12.4. The normalized spacial score (nSPS) is 23.2. The average molecular weight is 342 g/mol. The molecule has 6 nitrogen and oxygen atoms in total. The maximum atomic E-state index is 12.4. The second-order valence-electron chi connectivity index (χ2n) is 5.90. The van der Waals surface area contributed by atoms with E-state index in [-0.39, 0.29) is 35.3 Å². The van der Waals surface area contributed by atoms with Gasteiger partial charge in [-0.1, -0.05) is 0 Å². The Balaban J connectivity index is 1.64. The first-order chi connectivity index (χ1) is 10.4. The number of carbonyl (C=O) groups excluding carboxylic acids is 2. The third kappa shape index (κ3) is 3.33. The van der Waals surface area contributed by atoms with Crippen LogP contribution in [0.15, 0.2) is 12.1 Å². The fourth-order valence-corrected chi connectivity index (χ4v) is 5.18. The van der Waals surface area contributed by atoms with E-state index in [4.69, 9.17) is 0 Å². The minimum absolute atomic E-state index is 0.0103. The summed E-state index contributed by atoms with van der Waals surface area (Å²) in [5.41, 5.74) is 0. The van der Waals surface area contributed by atoms with Gasteiger partial charge in [-0.25, -0.2) is 8.42 Å². The molecule has 22 heavy (non-hydrogen) atoms. The largest absolute Gasteiger partial charge is 0.337 e. The lowest BCUT2D eigenvalue weighted by molar-refractivity contribution is -0.117. The minimum Gasteiger partial charge on any atom is -0.337 e. The van der Waals surface area contributed by atoms with Gasteiger partial charge in [0.05, 0.1) is 21.4 Å². The molecule has 3 rings (SSSR count). The van der Waals surface area contributed by atoms with Crippen molar-refractivity contribution in [1.82, 2.24) is 4.90 Å². The van der Waals surface area contributed by atoms with Crippen molar-refractivity contribution in [3.63, 3.8) is 0 Å². The van der Waals surface area contributed by atoms with Crippen LogP contribution in [0, 0.1) is 5.92 Å². The minimum atomic E-state index is -3.02. The van der Waals surface area contributed by atoms with E-state index in [0.717, 1.165) is 12.8 Å². The summed E-state index contributed by atoms with van der Waals surface area (Å²) in [6, 6.07) is 3.14. The summed E-state index contributed by atoms with van der Waals surface area (Å²) in [6.07, 6.45) is 2.35. The van der Waals surface area contributed by atoms with E-state index in [1.807, 2.05) is 0 Å². The zero-order chi connectivity index (χ0) is 15.9. The number of anilines is 1. The predicted molar refractivity (Wildman–Crippen MR) is 84.8 cm³/mol. The molecule has 2 aliphatic rings. The molecule has 0 aromatic carbocycles. The number of nitrogens with zero attached hydrogens (tertiary/aromatic N) is 1. The molecule has 1 aromatic rings. The van der Waals surface area contributed by atoms with Crippen molar-refractivity contribution < 1.29 is 18.0 Å². The summed E-state index contributed by atoms with van der Waals surface area (Å²) in [6.45, 7) is 0. The van der Waals surface area contributed by atoms with Gasteiger partial charge in [-0.2, -0.15) is 0 Å². The molecule has 0 radical (unpaired) electrons. The first-order valence-corrected chi connectivity index (χ1v) is 9.88. The molecule has 2 heterocycles. The highest BCUT2D eigenvalue weighted by atomic mass is 32.2. The highest BCUT2D eigenvalue weighted by Crippen LogP contribution is 2.32. The molecule has 8 heteroatoms. The average Bonchev–Trinajstić information content (AvgIpc) is 3.12. The first-order valence-electron chi connectivity index (χ1n) is 7.24. The summed E-state index contributed by atoms with van der Waals surface area (Å²) in [4.78, 5) is 26.1. The van der Waals surface area contributed by atoms with Crippen LogP contribution >= 0.6 is 11.3 Å². The standard InChI is InChI=1S/C14H18N2O4S2/c1-16(10-6-7-22(19,20)8-10)14(18)11-4-5-12(21-11)15-13(17)9-2-3-9/h4-5,9-10H,2-3,6-8H2,1H3,(H,15,17). The van der Waals surface area contributed by atoms with Crippen LogP contribution < -0.4 is 5.32 Å². The fraction of sp³-hybridized carbons (Fsp3) is 0.571. The Morgan fingerprint density at radius 1 is 1.27 bits per heavy atom. The van der Waals surface area contributed by atoms with Gasteiger partial charge in [-0.05, 0) is 31.4 Å². The van der Waals surface area contributed by atoms with Crippen LogP contribution in [0.4, 0.5) is 5.00 Å². The van der Waals surface area contributed by atoms with Crippen LogP contribution in [-0.2, 0) is 14.6 Å². The molecule has 1 aliphatic heterocycles. The molecule has 1 aliphatic carbocycles. The van der Waals surface area contributed by atoms with Gasteiger partial charge >= 0.3 is 0 Å². The lowest BCUT2D eigenvalue weighted by Crippen LogP contribution is -2.37. The summed E-state index contributed by atoms with van der Waals surface area (Å²) >= 11 is 1.23. The number of hydrogen-bond acceptors (Lipinski definition) is 5. The van der Waals surface area contributed by atoms with E-state index in [1.54, 1.807) is 19.2 Å². The van der Waals surface area contributed by atoms with Crippen LogP contribution in [0.5, 0.6) is 0 Å². The molecule has 0 spiro atoms. The molecule has 1 N–H and O–H groups in total. The second-order valence-corrected chi connectivity index (χ2v) is 9.21. The van der Waals surface area contributed by atoms with Gasteiger partial charge in [0.25, 0.3) is 5.91 Å². The van der Waals surface area contributed by atoms with Crippen molar-refractivity contribution in [2.75, 3.05) is 23.9 Å². The van der Waals surface area contributed by atoms with Gasteiger partial charge in [-0.15, -0.1) is 11.3 Å². The zero-order valence-electron chi connectivity index (χ0n) is 12.2. The number of carbonyl (C=O) groups is 2. The number of hydrogen-bond donors (Lipinski definition) is 1. The van der Waals surface area contributed by atoms with E-state index >= 15 is 0 Å². The molecule has 2 fully saturated rings. The van der Waals surface area contributed by atoms with Gasteiger partial charge in [0, 0.05) is 19.0 Å². The Labute approximate surface area is 133 Å². The Kier molecular flexibility index (Phi) is 3.98. The Bertz CT molecular complexity index is 706. The lowest BCUT2D eigenvalue weighted by atomic mass is 10.2. The summed E-state index contributed by atoms with van der Waals surface area (Å²) < 4.78 is 23.0. The third-order valence-electron chi connectivity index (χ3n) is 4.09. The van der Waals surface area contributed by atoms with E-state index in [1.165, 1.54) is 16.2 Å². The fourth-order valence-electron chi connectivity index (χ4n) is 2.51. The first kappa shape index (κ1) is 15.5. The van der Waals surface area contributed by atoms with Crippen LogP contribution in [0.3, 0.4) is 0 Å². The molecule has 1 saturated heterocycles. The number of sulfone groups is 1. The Morgan fingerprint density at radius 2 is 2.00 bits per heavy atom. The molecule has 1 saturated carbocycles. The Morgan fingerprint density at radius 3 is 2.59 bits per heavy atom. The van der Waals surface area contributed by atoms with E-state index in [9.17, 15) is 18.0 Å². The molecular formula is C14H18N2O4S2. The van der Waals surface area contributed by atoms with Crippen molar-refractivity contribution in [2.24, 2.45) is 5.92 Å². The molecule has 120 valence electrons. The van der Waals surface area contributed by atoms with Crippen molar-refractivity contribution in [3.05, 3.63) is 17.0 Å². The van der Waals surface area contributed by atoms with Crippen LogP contribution in [0.1, 0.15) is 28.9 Å². The predicted octanol–water partition coefficient (Wildman–Crippen LogP) is 1.36. The second kappa shape index (κ2) is 5.66. The maximum Gasteiger partial charge on any atom is 0.264 e. The van der Waals surface area contributed by atoms with Crippen LogP contribution in [0.2, 0.25) is 0 Å². The molecule has 2 amide bonds. The Hall–Kier alpha value is -1.41. The molecule has 0 bridgehead atoms. The number of amides is 2. The summed E-state index contributed by atoms with van der Waals surface area (Å²) in [5.74, 6) is 0.108. The zero-order valence-corrected chi connectivity index (χ0v) is 13.9. The molecule has 1 aromatic heterocycles. The number of thiophene rings is 1. The molecule has 1 atom stereocenters. The van der Waals surface area contributed by atoms with Gasteiger partial charge in [0.2, 0.25) is 5.91 Å². The third-order valence-corrected chi connectivity index (χ3v) is 6.83. The summed E-state index contributed by atoms with van der Waals surface area (Å²) in [7, 11) is -1.38. The van der Waals surface area contributed by atoms with Gasteiger partial charge < -0.3 is 10.2 Å². The lowest BCUT2D eigenvalue weighted by Gasteiger charge is -2.22. The van der Waals surface area contributed by atoms with E-state index < -0.39 is 9.84 Å². The van der Waals surface area contributed by atoms with Crippen molar-refractivity contribution in [3.8, 4) is 0 Å². The topological polar surface area (TPSA) is 83.6 Å².